The second-order valence-electron chi connectivity index (χ2n) is 4.93. The predicted octanol–water partition coefficient (Wildman–Crippen LogP) is 0.132. The monoisotopic (exact) mass is 242 g/mol. The van der Waals surface area contributed by atoms with Crippen LogP contribution in [0.3, 0.4) is 0 Å². The van der Waals surface area contributed by atoms with Crippen LogP contribution in [-0.2, 0) is 14.3 Å². The fraction of sp³-hybridized carbons (Fsp3) is 0.917. The lowest BCUT2D eigenvalue weighted by Gasteiger charge is -2.26. The van der Waals surface area contributed by atoms with Crippen molar-refractivity contribution in [1.82, 2.24) is 4.90 Å². The molecule has 0 unspecified atom stereocenters. The molecule has 0 radical (unpaired) electrons. The van der Waals surface area contributed by atoms with E-state index in [2.05, 4.69) is 4.90 Å². The van der Waals surface area contributed by atoms with E-state index in [1.165, 1.54) is 0 Å². The maximum atomic E-state index is 11.1. The molecule has 2 aliphatic heterocycles. The van der Waals surface area contributed by atoms with Gasteiger partial charge in [-0.1, -0.05) is 0 Å². The van der Waals surface area contributed by atoms with Crippen molar-refractivity contribution in [2.45, 2.75) is 37.9 Å². The average molecular weight is 242 g/mol. The zero-order valence-corrected chi connectivity index (χ0v) is 10.3. The molecule has 17 heavy (non-hydrogen) atoms. The number of hydrogen-bond acceptors (Lipinski definition) is 4. The van der Waals surface area contributed by atoms with Gasteiger partial charge in [0.15, 0.2) is 0 Å². The van der Waals surface area contributed by atoms with Gasteiger partial charge in [0.25, 0.3) is 0 Å². The van der Waals surface area contributed by atoms with Crippen LogP contribution in [0.15, 0.2) is 0 Å². The first-order valence-corrected chi connectivity index (χ1v) is 6.48. The van der Waals surface area contributed by atoms with Gasteiger partial charge in [0.2, 0.25) is 5.91 Å². The van der Waals surface area contributed by atoms with Gasteiger partial charge in [-0.2, -0.15) is 0 Å². The minimum atomic E-state index is -0.277. The third kappa shape index (κ3) is 4.26. The quantitative estimate of drug-likeness (QED) is 0.719. The van der Waals surface area contributed by atoms with Gasteiger partial charge in [-0.15, -0.1) is 0 Å². The maximum Gasteiger partial charge on any atom is 0.231 e. The molecule has 0 saturated carbocycles. The number of nitrogens with two attached hydrogens (primary N) is 1. The van der Waals surface area contributed by atoms with Crippen LogP contribution in [0.1, 0.15) is 25.7 Å². The van der Waals surface area contributed by atoms with Crippen molar-refractivity contribution >= 4 is 5.91 Å². The Balaban J connectivity index is 1.80. The summed E-state index contributed by atoms with van der Waals surface area (Å²) in [7, 11) is 0. The van der Waals surface area contributed by atoms with E-state index < -0.39 is 0 Å². The van der Waals surface area contributed by atoms with Crippen molar-refractivity contribution in [3.8, 4) is 0 Å². The molecule has 2 aliphatic rings. The molecule has 0 aromatic carbocycles. The second-order valence-corrected chi connectivity index (χ2v) is 4.93. The number of carbonyl (C=O) groups is 1. The lowest BCUT2D eigenvalue weighted by molar-refractivity contribution is -0.119. The Labute approximate surface area is 102 Å². The largest absolute Gasteiger partial charge is 0.377 e. The van der Waals surface area contributed by atoms with Crippen molar-refractivity contribution < 1.29 is 14.3 Å². The number of amides is 1. The Kier molecular flexibility index (Phi) is 4.76. The number of ether oxygens (including phenoxy) is 2. The highest BCUT2D eigenvalue weighted by atomic mass is 16.5. The van der Waals surface area contributed by atoms with E-state index in [0.29, 0.717) is 6.54 Å². The Morgan fingerprint density at radius 1 is 1.12 bits per heavy atom. The highest BCUT2D eigenvalue weighted by molar-refractivity contribution is 5.75. The van der Waals surface area contributed by atoms with Gasteiger partial charge in [0.05, 0.1) is 18.8 Å². The first kappa shape index (κ1) is 12.8. The van der Waals surface area contributed by atoms with E-state index in [-0.39, 0.29) is 18.1 Å². The third-order valence-electron chi connectivity index (χ3n) is 3.35. The lowest BCUT2D eigenvalue weighted by Crippen LogP contribution is -2.42. The molecule has 2 fully saturated rings. The van der Waals surface area contributed by atoms with E-state index >= 15 is 0 Å². The van der Waals surface area contributed by atoms with Crippen molar-refractivity contribution in [2.75, 3.05) is 32.8 Å². The molecule has 0 spiro atoms. The summed E-state index contributed by atoms with van der Waals surface area (Å²) in [5.41, 5.74) is 5.28. The molecule has 2 rings (SSSR count). The summed E-state index contributed by atoms with van der Waals surface area (Å²) in [5, 5.41) is 0. The molecule has 1 amide bonds. The first-order chi connectivity index (χ1) is 8.24. The van der Waals surface area contributed by atoms with Gasteiger partial charge < -0.3 is 15.2 Å². The fourth-order valence-corrected chi connectivity index (χ4v) is 2.58. The molecule has 5 nitrogen and oxygen atoms in total. The Hall–Kier alpha value is -0.650. The number of nitrogens with zero attached hydrogens (tertiary/aromatic N) is 1. The molecular formula is C12H22N2O3. The summed E-state index contributed by atoms with van der Waals surface area (Å²) >= 11 is 0. The zero-order chi connectivity index (χ0) is 12.1. The molecule has 0 aromatic rings. The van der Waals surface area contributed by atoms with Crippen molar-refractivity contribution in [1.29, 1.82) is 0 Å². The summed E-state index contributed by atoms with van der Waals surface area (Å²) < 4.78 is 11.2. The summed E-state index contributed by atoms with van der Waals surface area (Å²) in [4.78, 5) is 13.1. The highest BCUT2D eigenvalue weighted by Crippen LogP contribution is 2.16. The molecule has 2 saturated heterocycles. The smallest absolute Gasteiger partial charge is 0.231 e. The summed E-state index contributed by atoms with van der Waals surface area (Å²) in [6, 6.07) is 0. The van der Waals surface area contributed by atoms with Crippen LogP contribution in [0.5, 0.6) is 0 Å². The minimum absolute atomic E-state index is 0.260. The van der Waals surface area contributed by atoms with Gasteiger partial charge >= 0.3 is 0 Å². The topological polar surface area (TPSA) is 64.8 Å². The molecule has 2 N–H and O–H groups in total. The van der Waals surface area contributed by atoms with Crippen LogP contribution in [0.2, 0.25) is 0 Å². The number of hydrogen-bond donors (Lipinski definition) is 1. The molecule has 2 heterocycles. The normalized spacial score (nSPS) is 29.0. The zero-order valence-electron chi connectivity index (χ0n) is 10.3. The van der Waals surface area contributed by atoms with Gasteiger partial charge in [-0.25, -0.2) is 0 Å². The van der Waals surface area contributed by atoms with Crippen molar-refractivity contribution in [3.05, 3.63) is 0 Å². The lowest BCUT2D eigenvalue weighted by atomic mass is 10.2. The summed E-state index contributed by atoms with van der Waals surface area (Å²) in [5.74, 6) is -0.277. The predicted molar refractivity (Wildman–Crippen MR) is 63.6 cm³/mol. The summed E-state index contributed by atoms with van der Waals surface area (Å²) in [6.07, 6.45) is 4.93. The van der Waals surface area contributed by atoms with E-state index in [1.54, 1.807) is 0 Å². The standard InChI is InChI=1S/C12H22N2O3/c13-12(15)9-14(7-10-3-1-5-16-10)8-11-4-2-6-17-11/h10-11H,1-9H2,(H2,13,15)/t10-,11+. The molecular weight excluding hydrogens is 220 g/mol. The van der Waals surface area contributed by atoms with E-state index in [9.17, 15) is 4.79 Å². The first-order valence-electron chi connectivity index (χ1n) is 6.48. The Morgan fingerprint density at radius 3 is 2.00 bits per heavy atom. The van der Waals surface area contributed by atoms with E-state index in [4.69, 9.17) is 15.2 Å². The second kappa shape index (κ2) is 6.33. The number of carbonyl (C=O) groups excluding carboxylic acids is 1. The molecule has 5 heteroatoms. The number of primary amides is 1. The SMILES string of the molecule is NC(=O)CN(C[C@H]1CCCO1)C[C@@H]1CCCO1. The molecule has 98 valence electrons. The summed E-state index contributed by atoms with van der Waals surface area (Å²) in [6.45, 7) is 3.58. The maximum absolute atomic E-state index is 11.1. The van der Waals surface area contributed by atoms with Crippen molar-refractivity contribution in [3.63, 3.8) is 0 Å². The Bertz CT molecular complexity index is 230. The van der Waals surface area contributed by atoms with Gasteiger partial charge in [0.1, 0.15) is 0 Å². The van der Waals surface area contributed by atoms with E-state index in [1.807, 2.05) is 0 Å². The van der Waals surface area contributed by atoms with Crippen LogP contribution >= 0.6 is 0 Å². The van der Waals surface area contributed by atoms with Crippen LogP contribution in [0, 0.1) is 0 Å². The van der Waals surface area contributed by atoms with Crippen LogP contribution in [0.25, 0.3) is 0 Å². The van der Waals surface area contributed by atoms with E-state index in [0.717, 1.165) is 52.0 Å². The number of rotatable bonds is 6. The fourth-order valence-electron chi connectivity index (χ4n) is 2.58. The van der Waals surface area contributed by atoms with Gasteiger partial charge in [-0.3, -0.25) is 9.69 Å². The van der Waals surface area contributed by atoms with Gasteiger partial charge in [-0.05, 0) is 25.7 Å². The van der Waals surface area contributed by atoms with Crippen LogP contribution in [-0.4, -0.2) is 55.9 Å². The average Bonchev–Trinajstić information content (AvgIpc) is 2.89. The highest BCUT2D eigenvalue weighted by Gasteiger charge is 2.24. The van der Waals surface area contributed by atoms with Gasteiger partial charge in [0, 0.05) is 26.3 Å². The van der Waals surface area contributed by atoms with Crippen molar-refractivity contribution in [2.24, 2.45) is 5.73 Å². The minimum Gasteiger partial charge on any atom is -0.377 e. The molecule has 2 atom stereocenters. The third-order valence-corrected chi connectivity index (χ3v) is 3.35. The molecule has 0 aliphatic carbocycles. The van der Waals surface area contributed by atoms with Crippen LogP contribution in [0.4, 0.5) is 0 Å². The Morgan fingerprint density at radius 2 is 1.65 bits per heavy atom. The molecule has 0 bridgehead atoms. The van der Waals surface area contributed by atoms with Crippen LogP contribution < -0.4 is 5.73 Å². The molecule has 0 aromatic heterocycles.